The fourth-order valence-electron chi connectivity index (χ4n) is 2.20. The Kier molecular flexibility index (Phi) is 3.87. The van der Waals surface area contributed by atoms with Crippen LogP contribution in [0.25, 0.3) is 0 Å². The van der Waals surface area contributed by atoms with E-state index in [1.807, 2.05) is 33.2 Å². The number of nitrogens with one attached hydrogen (secondary N) is 1. The van der Waals surface area contributed by atoms with Gasteiger partial charge in [0.25, 0.3) is 0 Å². The summed E-state index contributed by atoms with van der Waals surface area (Å²) >= 11 is 0. The van der Waals surface area contributed by atoms with Gasteiger partial charge in [0, 0.05) is 26.2 Å². The molecule has 2 heterocycles. The molecule has 6 heteroatoms. The predicted octanol–water partition coefficient (Wildman–Crippen LogP) is 0.293. The van der Waals surface area contributed by atoms with Gasteiger partial charge in [-0.1, -0.05) is 13.8 Å². The Balaban J connectivity index is 2.14. The first-order valence-electron chi connectivity index (χ1n) is 6.54. The molecule has 0 aromatic carbocycles. The molecule has 0 bridgehead atoms. The van der Waals surface area contributed by atoms with Crippen molar-refractivity contribution in [2.75, 3.05) is 6.54 Å². The van der Waals surface area contributed by atoms with Gasteiger partial charge in [0.05, 0.1) is 12.2 Å². The van der Waals surface area contributed by atoms with E-state index in [9.17, 15) is 9.59 Å². The first kappa shape index (κ1) is 13.6. The van der Waals surface area contributed by atoms with Crippen LogP contribution < -0.4 is 5.32 Å². The lowest BCUT2D eigenvalue weighted by Crippen LogP contribution is -2.47. The van der Waals surface area contributed by atoms with Crippen molar-refractivity contribution in [3.63, 3.8) is 0 Å². The standard InChI is InChI=1S/C13H20N4O2/c1-9(2)12-13(19)17(7-5-11(18)14-12)8-10-4-6-16(3)15-10/h4,6,9,12H,5,7-8H2,1-3H3,(H,14,18). The Bertz CT molecular complexity index is 481. The summed E-state index contributed by atoms with van der Waals surface area (Å²) in [6.07, 6.45) is 2.20. The van der Waals surface area contributed by atoms with Crippen molar-refractivity contribution < 1.29 is 9.59 Å². The molecular weight excluding hydrogens is 244 g/mol. The average Bonchev–Trinajstić information content (AvgIpc) is 2.69. The van der Waals surface area contributed by atoms with Crippen LogP contribution >= 0.6 is 0 Å². The Hall–Kier alpha value is -1.85. The first-order valence-corrected chi connectivity index (χ1v) is 6.54. The molecule has 6 nitrogen and oxygen atoms in total. The maximum absolute atomic E-state index is 12.4. The third-order valence-corrected chi connectivity index (χ3v) is 3.29. The van der Waals surface area contributed by atoms with Gasteiger partial charge >= 0.3 is 0 Å². The molecule has 2 amide bonds. The first-order chi connectivity index (χ1) is 8.97. The van der Waals surface area contributed by atoms with E-state index in [0.717, 1.165) is 5.69 Å². The minimum Gasteiger partial charge on any atom is -0.344 e. The second-order valence-electron chi connectivity index (χ2n) is 5.28. The zero-order valence-corrected chi connectivity index (χ0v) is 11.6. The molecule has 0 aliphatic carbocycles. The smallest absolute Gasteiger partial charge is 0.245 e. The highest BCUT2D eigenvalue weighted by molar-refractivity contribution is 5.90. The van der Waals surface area contributed by atoms with E-state index >= 15 is 0 Å². The van der Waals surface area contributed by atoms with Crippen LogP contribution in [-0.4, -0.2) is 39.1 Å². The van der Waals surface area contributed by atoms with Crippen LogP contribution in [0.5, 0.6) is 0 Å². The van der Waals surface area contributed by atoms with Crippen LogP contribution in [0.15, 0.2) is 12.3 Å². The third-order valence-electron chi connectivity index (χ3n) is 3.29. The van der Waals surface area contributed by atoms with Crippen molar-refractivity contribution in [1.82, 2.24) is 20.0 Å². The fourth-order valence-corrected chi connectivity index (χ4v) is 2.20. The summed E-state index contributed by atoms with van der Waals surface area (Å²) in [6.45, 7) is 4.78. The van der Waals surface area contributed by atoms with Gasteiger partial charge in [0.1, 0.15) is 6.04 Å². The molecule has 1 fully saturated rings. The lowest BCUT2D eigenvalue weighted by Gasteiger charge is -2.25. The highest BCUT2D eigenvalue weighted by Crippen LogP contribution is 2.13. The van der Waals surface area contributed by atoms with Crippen molar-refractivity contribution in [3.8, 4) is 0 Å². The van der Waals surface area contributed by atoms with Gasteiger partial charge in [-0.05, 0) is 12.0 Å². The molecule has 1 unspecified atom stereocenters. The van der Waals surface area contributed by atoms with E-state index < -0.39 is 6.04 Å². The van der Waals surface area contributed by atoms with Crippen LogP contribution in [-0.2, 0) is 23.2 Å². The van der Waals surface area contributed by atoms with E-state index in [4.69, 9.17) is 0 Å². The lowest BCUT2D eigenvalue weighted by atomic mass is 10.0. The molecule has 104 valence electrons. The Morgan fingerprint density at radius 2 is 2.21 bits per heavy atom. The number of rotatable bonds is 3. The van der Waals surface area contributed by atoms with Crippen LogP contribution in [0.2, 0.25) is 0 Å². The minimum atomic E-state index is -0.432. The van der Waals surface area contributed by atoms with Crippen molar-refractivity contribution in [3.05, 3.63) is 18.0 Å². The Morgan fingerprint density at radius 3 is 2.79 bits per heavy atom. The molecule has 1 aromatic rings. The molecule has 1 aromatic heterocycles. The number of amides is 2. The SMILES string of the molecule is CC(C)C1NC(=O)CCN(Cc2ccn(C)n2)C1=O. The number of carbonyl (C=O) groups excluding carboxylic acids is 2. The van der Waals surface area contributed by atoms with Crippen molar-refractivity contribution in [2.24, 2.45) is 13.0 Å². The largest absolute Gasteiger partial charge is 0.344 e. The fraction of sp³-hybridized carbons (Fsp3) is 0.615. The summed E-state index contributed by atoms with van der Waals surface area (Å²) in [5, 5.41) is 7.07. The van der Waals surface area contributed by atoms with Gasteiger partial charge in [-0.15, -0.1) is 0 Å². The summed E-state index contributed by atoms with van der Waals surface area (Å²) in [4.78, 5) is 25.8. The number of hydrogen-bond acceptors (Lipinski definition) is 3. The Labute approximate surface area is 112 Å². The number of carbonyl (C=O) groups is 2. The van der Waals surface area contributed by atoms with Gasteiger partial charge < -0.3 is 10.2 Å². The van der Waals surface area contributed by atoms with Crippen LogP contribution in [0.3, 0.4) is 0 Å². The quantitative estimate of drug-likeness (QED) is 0.853. The van der Waals surface area contributed by atoms with Gasteiger partial charge in [0.15, 0.2) is 0 Å². The van der Waals surface area contributed by atoms with E-state index in [0.29, 0.717) is 19.5 Å². The van der Waals surface area contributed by atoms with Gasteiger partial charge in [-0.25, -0.2) is 0 Å². The molecule has 1 saturated heterocycles. The summed E-state index contributed by atoms with van der Waals surface area (Å²) in [6, 6.07) is 1.45. The van der Waals surface area contributed by atoms with Crippen molar-refractivity contribution >= 4 is 11.8 Å². The molecular formula is C13H20N4O2. The summed E-state index contributed by atoms with van der Waals surface area (Å²) in [7, 11) is 1.84. The maximum atomic E-state index is 12.4. The van der Waals surface area contributed by atoms with Crippen molar-refractivity contribution in [2.45, 2.75) is 32.9 Å². The predicted molar refractivity (Wildman–Crippen MR) is 70.0 cm³/mol. The summed E-state index contributed by atoms with van der Waals surface area (Å²) in [5.74, 6) is 0.00264. The number of aryl methyl sites for hydroxylation is 1. The normalized spacial score (nSPS) is 20.6. The van der Waals surface area contributed by atoms with Crippen LogP contribution in [0.1, 0.15) is 26.0 Å². The molecule has 1 N–H and O–H groups in total. The monoisotopic (exact) mass is 264 g/mol. The average molecular weight is 264 g/mol. The van der Waals surface area contributed by atoms with E-state index in [1.54, 1.807) is 9.58 Å². The molecule has 1 atom stereocenters. The van der Waals surface area contributed by atoms with E-state index in [1.165, 1.54) is 0 Å². The highest BCUT2D eigenvalue weighted by Gasteiger charge is 2.32. The molecule has 0 saturated carbocycles. The van der Waals surface area contributed by atoms with Gasteiger partial charge in [-0.2, -0.15) is 5.10 Å². The second kappa shape index (κ2) is 5.42. The van der Waals surface area contributed by atoms with Gasteiger partial charge in [-0.3, -0.25) is 14.3 Å². The summed E-state index contributed by atoms with van der Waals surface area (Å²) in [5.41, 5.74) is 0.840. The molecule has 0 radical (unpaired) electrons. The highest BCUT2D eigenvalue weighted by atomic mass is 16.2. The zero-order chi connectivity index (χ0) is 14.0. The third kappa shape index (κ3) is 3.13. The molecule has 0 spiro atoms. The number of hydrogen-bond donors (Lipinski definition) is 1. The minimum absolute atomic E-state index is 0.0218. The topological polar surface area (TPSA) is 67.2 Å². The Morgan fingerprint density at radius 1 is 1.47 bits per heavy atom. The number of aromatic nitrogens is 2. The molecule has 19 heavy (non-hydrogen) atoms. The second-order valence-corrected chi connectivity index (χ2v) is 5.28. The number of nitrogens with zero attached hydrogens (tertiary/aromatic N) is 3. The molecule has 2 rings (SSSR count). The molecule has 1 aliphatic heterocycles. The molecule has 1 aliphatic rings. The zero-order valence-electron chi connectivity index (χ0n) is 11.6. The van der Waals surface area contributed by atoms with Crippen LogP contribution in [0, 0.1) is 5.92 Å². The van der Waals surface area contributed by atoms with E-state index in [-0.39, 0.29) is 17.7 Å². The summed E-state index contributed by atoms with van der Waals surface area (Å²) < 4.78 is 1.71. The lowest BCUT2D eigenvalue weighted by molar-refractivity contribution is -0.135. The van der Waals surface area contributed by atoms with E-state index in [2.05, 4.69) is 10.4 Å². The maximum Gasteiger partial charge on any atom is 0.245 e. The van der Waals surface area contributed by atoms with Crippen LogP contribution in [0.4, 0.5) is 0 Å². The van der Waals surface area contributed by atoms with Gasteiger partial charge in [0.2, 0.25) is 11.8 Å². The van der Waals surface area contributed by atoms with Crippen molar-refractivity contribution in [1.29, 1.82) is 0 Å².